The summed E-state index contributed by atoms with van der Waals surface area (Å²) in [5, 5.41) is 8.82. The Hall–Kier alpha value is -2.12. The maximum absolute atomic E-state index is 10.6. The van der Waals surface area contributed by atoms with E-state index in [4.69, 9.17) is 10.00 Å². The number of halogens is 1. The molecule has 4 heteroatoms. The number of carbonyl (C=O) groups excluding carboxylic acids is 1. The fourth-order valence-corrected chi connectivity index (χ4v) is 2.11. The van der Waals surface area contributed by atoms with Crippen molar-refractivity contribution in [2.24, 2.45) is 0 Å². The van der Waals surface area contributed by atoms with Gasteiger partial charge in [0.25, 0.3) is 0 Å². The highest BCUT2D eigenvalue weighted by molar-refractivity contribution is 9.10. The van der Waals surface area contributed by atoms with Crippen molar-refractivity contribution in [3.63, 3.8) is 0 Å². The van der Waals surface area contributed by atoms with Gasteiger partial charge >= 0.3 is 0 Å². The van der Waals surface area contributed by atoms with Gasteiger partial charge in [-0.2, -0.15) is 5.26 Å². The largest absolute Gasteiger partial charge is 0.488 e. The molecule has 2 aromatic rings. The minimum atomic E-state index is 0.370. The molecule has 0 unspecified atom stereocenters. The third kappa shape index (κ3) is 3.43. The van der Waals surface area contributed by atoms with E-state index in [-0.39, 0.29) is 0 Å². The van der Waals surface area contributed by atoms with Gasteiger partial charge in [-0.15, -0.1) is 0 Å². The molecule has 0 saturated heterocycles. The fraction of sp³-hybridized carbons (Fsp3) is 0.0667. The SMILES string of the molecule is N#Cc1cccc(COc2ccc(C=O)cc2Br)c1. The highest BCUT2D eigenvalue weighted by atomic mass is 79.9. The van der Waals surface area contributed by atoms with Crippen molar-refractivity contribution < 1.29 is 9.53 Å². The van der Waals surface area contributed by atoms with Crippen molar-refractivity contribution in [2.45, 2.75) is 6.61 Å². The molecule has 2 aromatic carbocycles. The van der Waals surface area contributed by atoms with Crippen LogP contribution in [0.4, 0.5) is 0 Å². The van der Waals surface area contributed by atoms with Gasteiger partial charge in [-0.1, -0.05) is 12.1 Å². The fourth-order valence-electron chi connectivity index (χ4n) is 1.60. The van der Waals surface area contributed by atoms with Gasteiger partial charge in [-0.25, -0.2) is 0 Å². The monoisotopic (exact) mass is 315 g/mol. The number of ether oxygens (including phenoxy) is 1. The van der Waals surface area contributed by atoms with Crippen molar-refractivity contribution in [1.82, 2.24) is 0 Å². The molecule has 0 fully saturated rings. The number of aldehydes is 1. The van der Waals surface area contributed by atoms with Crippen molar-refractivity contribution in [2.75, 3.05) is 0 Å². The lowest BCUT2D eigenvalue weighted by Crippen LogP contribution is -1.97. The number of nitrogens with zero attached hydrogens (tertiary/aromatic N) is 1. The predicted molar refractivity (Wildman–Crippen MR) is 75.0 cm³/mol. The normalized spacial score (nSPS) is 9.68. The molecular weight excluding hydrogens is 306 g/mol. The van der Waals surface area contributed by atoms with Crippen molar-refractivity contribution in [3.05, 3.63) is 63.6 Å². The van der Waals surface area contributed by atoms with Crippen LogP contribution in [0.3, 0.4) is 0 Å². The Morgan fingerprint density at radius 1 is 1.26 bits per heavy atom. The molecule has 0 saturated carbocycles. The molecule has 0 amide bonds. The highest BCUT2D eigenvalue weighted by Crippen LogP contribution is 2.26. The van der Waals surface area contributed by atoms with Crippen LogP contribution in [0.1, 0.15) is 21.5 Å². The number of hydrogen-bond acceptors (Lipinski definition) is 3. The zero-order chi connectivity index (χ0) is 13.7. The van der Waals surface area contributed by atoms with Gasteiger partial charge in [-0.05, 0) is 51.8 Å². The third-order valence-electron chi connectivity index (χ3n) is 2.54. The van der Waals surface area contributed by atoms with E-state index in [9.17, 15) is 4.79 Å². The molecular formula is C15H10BrNO2. The van der Waals surface area contributed by atoms with Crippen LogP contribution in [0, 0.1) is 11.3 Å². The molecule has 0 N–H and O–H groups in total. The number of benzene rings is 2. The van der Waals surface area contributed by atoms with E-state index in [1.807, 2.05) is 12.1 Å². The molecule has 0 bridgehead atoms. The second kappa shape index (κ2) is 6.17. The molecule has 0 heterocycles. The lowest BCUT2D eigenvalue weighted by atomic mass is 10.1. The van der Waals surface area contributed by atoms with E-state index in [1.54, 1.807) is 30.3 Å². The van der Waals surface area contributed by atoms with E-state index < -0.39 is 0 Å². The summed E-state index contributed by atoms with van der Waals surface area (Å²) in [5.74, 6) is 0.660. The van der Waals surface area contributed by atoms with E-state index >= 15 is 0 Å². The summed E-state index contributed by atoms with van der Waals surface area (Å²) < 4.78 is 6.38. The lowest BCUT2D eigenvalue weighted by molar-refractivity contribution is 0.112. The van der Waals surface area contributed by atoms with Gasteiger partial charge in [-0.3, -0.25) is 4.79 Å². The number of nitriles is 1. The topological polar surface area (TPSA) is 50.1 Å². The van der Waals surface area contributed by atoms with Gasteiger partial charge in [0.2, 0.25) is 0 Å². The van der Waals surface area contributed by atoms with Gasteiger partial charge in [0.1, 0.15) is 18.6 Å². The Labute approximate surface area is 119 Å². The molecule has 0 radical (unpaired) electrons. The first-order chi connectivity index (χ1) is 9.22. The zero-order valence-electron chi connectivity index (χ0n) is 9.97. The summed E-state index contributed by atoms with van der Waals surface area (Å²) in [4.78, 5) is 10.6. The van der Waals surface area contributed by atoms with Crippen LogP contribution in [0.5, 0.6) is 5.75 Å². The Balaban J connectivity index is 2.10. The minimum absolute atomic E-state index is 0.370. The van der Waals surface area contributed by atoms with Gasteiger partial charge in [0, 0.05) is 5.56 Å². The molecule has 2 rings (SSSR count). The molecule has 0 aliphatic carbocycles. The summed E-state index contributed by atoms with van der Waals surface area (Å²) in [6, 6.07) is 14.5. The van der Waals surface area contributed by atoms with Crippen LogP contribution in [-0.2, 0) is 6.61 Å². The molecule has 0 aliphatic heterocycles. The molecule has 94 valence electrons. The summed E-state index contributed by atoms with van der Waals surface area (Å²) in [7, 11) is 0. The van der Waals surface area contributed by atoms with Crippen molar-refractivity contribution in [3.8, 4) is 11.8 Å². The van der Waals surface area contributed by atoms with Crippen LogP contribution in [0.2, 0.25) is 0 Å². The van der Waals surface area contributed by atoms with Gasteiger partial charge in [0.05, 0.1) is 16.1 Å². The first-order valence-electron chi connectivity index (χ1n) is 5.59. The summed E-state index contributed by atoms with van der Waals surface area (Å²) >= 11 is 3.35. The highest BCUT2D eigenvalue weighted by Gasteiger charge is 2.03. The molecule has 0 aliphatic rings. The summed E-state index contributed by atoms with van der Waals surface area (Å²) in [6.07, 6.45) is 0.783. The van der Waals surface area contributed by atoms with E-state index in [0.717, 1.165) is 16.3 Å². The van der Waals surface area contributed by atoms with Crippen LogP contribution < -0.4 is 4.74 Å². The summed E-state index contributed by atoms with van der Waals surface area (Å²) in [5.41, 5.74) is 2.12. The standard InChI is InChI=1S/C15H10BrNO2/c16-14-7-12(9-18)4-5-15(14)19-10-13-3-1-2-11(6-13)8-17/h1-7,9H,10H2. The number of carbonyl (C=O) groups is 1. The van der Waals surface area contributed by atoms with Crippen molar-refractivity contribution >= 4 is 22.2 Å². The molecule has 0 aromatic heterocycles. The van der Waals surface area contributed by atoms with Crippen molar-refractivity contribution in [1.29, 1.82) is 5.26 Å². The molecule has 0 atom stereocenters. The maximum Gasteiger partial charge on any atom is 0.150 e. The first kappa shape index (κ1) is 13.3. The molecule has 19 heavy (non-hydrogen) atoms. The Bertz CT molecular complexity index is 647. The first-order valence-corrected chi connectivity index (χ1v) is 6.39. The number of hydrogen-bond donors (Lipinski definition) is 0. The average molecular weight is 316 g/mol. The van der Waals surface area contributed by atoms with E-state index in [0.29, 0.717) is 23.5 Å². The second-order valence-electron chi connectivity index (χ2n) is 3.91. The predicted octanol–water partition coefficient (Wildman–Crippen LogP) is 3.71. The van der Waals surface area contributed by atoms with Crippen LogP contribution in [-0.4, -0.2) is 6.29 Å². The molecule has 3 nitrogen and oxygen atoms in total. The van der Waals surface area contributed by atoms with Gasteiger partial charge in [0.15, 0.2) is 0 Å². The van der Waals surface area contributed by atoms with Crippen LogP contribution >= 0.6 is 15.9 Å². The Morgan fingerprint density at radius 3 is 2.79 bits per heavy atom. The lowest BCUT2D eigenvalue weighted by Gasteiger charge is -2.08. The number of rotatable bonds is 4. The van der Waals surface area contributed by atoms with E-state index in [2.05, 4.69) is 22.0 Å². The smallest absolute Gasteiger partial charge is 0.150 e. The maximum atomic E-state index is 10.6. The second-order valence-corrected chi connectivity index (χ2v) is 4.76. The summed E-state index contributed by atoms with van der Waals surface area (Å²) in [6.45, 7) is 0.370. The van der Waals surface area contributed by atoms with Crippen LogP contribution in [0.25, 0.3) is 0 Å². The Kier molecular flexibility index (Phi) is 4.32. The molecule has 0 spiro atoms. The minimum Gasteiger partial charge on any atom is -0.488 e. The third-order valence-corrected chi connectivity index (χ3v) is 3.16. The Morgan fingerprint density at radius 2 is 2.11 bits per heavy atom. The average Bonchev–Trinajstić information content (AvgIpc) is 2.46. The van der Waals surface area contributed by atoms with E-state index in [1.165, 1.54) is 0 Å². The zero-order valence-corrected chi connectivity index (χ0v) is 11.6. The van der Waals surface area contributed by atoms with Gasteiger partial charge < -0.3 is 4.74 Å². The quantitative estimate of drug-likeness (QED) is 0.808. The van der Waals surface area contributed by atoms with Crippen LogP contribution in [0.15, 0.2) is 46.9 Å².